The third-order valence-corrected chi connectivity index (χ3v) is 5.49. The summed E-state index contributed by atoms with van der Waals surface area (Å²) in [6, 6.07) is 10.0. The molecular formula is C20H23N5O4S2. The average Bonchev–Trinajstić information content (AvgIpc) is 3.42. The van der Waals surface area contributed by atoms with Crippen molar-refractivity contribution < 1.29 is 19.1 Å². The normalized spacial score (nSPS) is 12.6. The van der Waals surface area contributed by atoms with Gasteiger partial charge in [-0.05, 0) is 68.7 Å². The zero-order valence-corrected chi connectivity index (χ0v) is 18.9. The Labute approximate surface area is 188 Å². The number of aromatic amines is 1. The van der Waals surface area contributed by atoms with Crippen LogP contribution in [0, 0.1) is 4.77 Å². The van der Waals surface area contributed by atoms with Crippen LogP contribution in [-0.4, -0.2) is 39.3 Å². The van der Waals surface area contributed by atoms with Crippen molar-refractivity contribution in [3.63, 3.8) is 0 Å². The Bertz CT molecular complexity index is 1080. The zero-order chi connectivity index (χ0) is 22.4. The van der Waals surface area contributed by atoms with Crippen LogP contribution in [0.2, 0.25) is 0 Å². The smallest absolute Gasteiger partial charge is 0.279 e. The van der Waals surface area contributed by atoms with Gasteiger partial charge in [-0.25, -0.2) is 0 Å². The van der Waals surface area contributed by atoms with Crippen molar-refractivity contribution >= 4 is 35.4 Å². The number of carbonyl (C=O) groups excluding carboxylic acids is 2. The van der Waals surface area contributed by atoms with Gasteiger partial charge in [-0.1, -0.05) is 6.07 Å². The van der Waals surface area contributed by atoms with E-state index in [4.69, 9.17) is 21.7 Å². The molecule has 11 heteroatoms. The van der Waals surface area contributed by atoms with E-state index in [-0.39, 0.29) is 0 Å². The lowest BCUT2D eigenvalue weighted by atomic mass is 10.3. The van der Waals surface area contributed by atoms with Crippen molar-refractivity contribution in [1.82, 2.24) is 25.6 Å². The summed E-state index contributed by atoms with van der Waals surface area (Å²) in [5.74, 6) is 0.839. The number of hydrazine groups is 1. The van der Waals surface area contributed by atoms with Crippen LogP contribution in [0.25, 0.3) is 10.7 Å². The number of rotatable bonds is 8. The fourth-order valence-electron chi connectivity index (χ4n) is 2.73. The molecule has 2 unspecified atom stereocenters. The minimum Gasteiger partial charge on any atom is -0.494 e. The highest BCUT2D eigenvalue weighted by Gasteiger charge is 2.23. The molecule has 2 heterocycles. The molecule has 9 nitrogen and oxygen atoms in total. The molecule has 0 bridgehead atoms. The van der Waals surface area contributed by atoms with Gasteiger partial charge >= 0.3 is 0 Å². The molecule has 0 spiro atoms. The maximum absolute atomic E-state index is 12.6. The van der Waals surface area contributed by atoms with Crippen LogP contribution >= 0.6 is 23.6 Å². The van der Waals surface area contributed by atoms with Gasteiger partial charge in [0.25, 0.3) is 11.8 Å². The Balaban J connectivity index is 1.57. The van der Waals surface area contributed by atoms with Crippen molar-refractivity contribution in [2.24, 2.45) is 0 Å². The molecule has 0 aliphatic carbocycles. The minimum absolute atomic E-state index is 0.310. The highest BCUT2D eigenvalue weighted by atomic mass is 32.1. The van der Waals surface area contributed by atoms with Crippen LogP contribution in [0.4, 0.5) is 0 Å². The van der Waals surface area contributed by atoms with Crippen LogP contribution in [-0.2, 0) is 9.59 Å². The number of H-pyrrole nitrogens is 1. The van der Waals surface area contributed by atoms with Crippen LogP contribution in [0.3, 0.4) is 0 Å². The number of carbonyl (C=O) groups is 2. The first-order valence-electron chi connectivity index (χ1n) is 9.60. The van der Waals surface area contributed by atoms with E-state index in [1.807, 2.05) is 24.4 Å². The monoisotopic (exact) mass is 461 g/mol. The summed E-state index contributed by atoms with van der Waals surface area (Å²) >= 11 is 6.76. The number of thiophene rings is 1. The molecule has 0 aliphatic rings. The Morgan fingerprint density at radius 2 is 1.84 bits per heavy atom. The van der Waals surface area contributed by atoms with Gasteiger partial charge in [-0.3, -0.25) is 30.1 Å². The quantitative estimate of drug-likeness (QED) is 0.351. The Morgan fingerprint density at radius 1 is 1.16 bits per heavy atom. The first-order valence-corrected chi connectivity index (χ1v) is 10.9. The second-order valence-electron chi connectivity index (χ2n) is 6.52. The van der Waals surface area contributed by atoms with Crippen molar-refractivity contribution in [1.29, 1.82) is 0 Å². The van der Waals surface area contributed by atoms with E-state index in [2.05, 4.69) is 21.0 Å². The van der Waals surface area contributed by atoms with E-state index in [9.17, 15) is 9.59 Å². The maximum atomic E-state index is 12.6. The third-order valence-electron chi connectivity index (χ3n) is 4.34. The number of hydrogen-bond donors (Lipinski definition) is 3. The Hall–Kier alpha value is -3.18. The first-order chi connectivity index (χ1) is 14.9. The summed E-state index contributed by atoms with van der Waals surface area (Å²) in [5.41, 5.74) is 4.81. The summed E-state index contributed by atoms with van der Waals surface area (Å²) in [7, 11) is 0. The molecule has 0 saturated carbocycles. The largest absolute Gasteiger partial charge is 0.494 e. The van der Waals surface area contributed by atoms with Gasteiger partial charge in [0.15, 0.2) is 16.7 Å². The lowest BCUT2D eigenvalue weighted by Gasteiger charge is -2.18. The van der Waals surface area contributed by atoms with Crippen molar-refractivity contribution in [3.05, 3.63) is 46.5 Å². The predicted molar refractivity (Wildman–Crippen MR) is 119 cm³/mol. The zero-order valence-electron chi connectivity index (χ0n) is 17.2. The highest BCUT2D eigenvalue weighted by Crippen LogP contribution is 2.25. The summed E-state index contributed by atoms with van der Waals surface area (Å²) in [4.78, 5) is 25.8. The molecule has 3 N–H and O–H groups in total. The summed E-state index contributed by atoms with van der Waals surface area (Å²) < 4.78 is 12.9. The van der Waals surface area contributed by atoms with Gasteiger partial charge in [0.05, 0.1) is 11.5 Å². The topological polar surface area (TPSA) is 110 Å². The van der Waals surface area contributed by atoms with Crippen LogP contribution < -0.4 is 20.3 Å². The minimum atomic E-state index is -0.827. The molecule has 31 heavy (non-hydrogen) atoms. The molecule has 2 atom stereocenters. The van der Waals surface area contributed by atoms with Gasteiger partial charge < -0.3 is 9.47 Å². The van der Waals surface area contributed by atoms with Gasteiger partial charge in [0.2, 0.25) is 0 Å². The van der Waals surface area contributed by atoms with Crippen molar-refractivity contribution in [2.75, 3.05) is 6.61 Å². The number of nitrogens with zero attached hydrogens (tertiary/aromatic N) is 2. The van der Waals surface area contributed by atoms with E-state index >= 15 is 0 Å². The van der Waals surface area contributed by atoms with E-state index in [1.165, 1.54) is 11.3 Å². The number of aromatic nitrogens is 3. The molecule has 0 aliphatic heterocycles. The molecular weight excluding hydrogens is 438 g/mol. The van der Waals surface area contributed by atoms with Gasteiger partial charge in [0.1, 0.15) is 17.5 Å². The van der Waals surface area contributed by atoms with Crippen molar-refractivity contribution in [2.45, 2.75) is 32.9 Å². The van der Waals surface area contributed by atoms with E-state index in [0.717, 1.165) is 4.88 Å². The molecule has 2 amide bonds. The number of nitrogens with one attached hydrogen (secondary N) is 3. The summed E-state index contributed by atoms with van der Waals surface area (Å²) in [5, 5.41) is 8.83. The van der Waals surface area contributed by atoms with Crippen LogP contribution in [0.1, 0.15) is 26.8 Å². The summed E-state index contributed by atoms with van der Waals surface area (Å²) in [6.45, 7) is 5.72. The number of benzene rings is 1. The van der Waals surface area contributed by atoms with E-state index < -0.39 is 24.0 Å². The maximum Gasteiger partial charge on any atom is 0.279 e. The first kappa shape index (κ1) is 22.5. The second-order valence-corrected chi connectivity index (χ2v) is 7.85. The fraction of sp³-hybridized carbons (Fsp3) is 0.300. The molecule has 0 radical (unpaired) electrons. The molecule has 1 aromatic carbocycles. The lowest BCUT2D eigenvalue weighted by molar-refractivity contribution is -0.133. The standard InChI is InChI=1S/C20H23N5O4S2/c1-4-28-14-7-9-15(10-8-14)29-13(3)19(27)23-22-18(26)12(2)25-17(21-24-20(25)30)16-6-5-11-31-16/h5-13H,4H2,1-3H3,(H,22,26)(H,23,27)(H,24,30). The van der Waals surface area contributed by atoms with Crippen LogP contribution in [0.15, 0.2) is 41.8 Å². The molecule has 0 fully saturated rings. The molecule has 3 aromatic rings. The van der Waals surface area contributed by atoms with Crippen molar-refractivity contribution in [3.8, 4) is 22.2 Å². The van der Waals surface area contributed by atoms with E-state index in [1.54, 1.807) is 42.7 Å². The van der Waals surface area contributed by atoms with E-state index in [0.29, 0.717) is 28.7 Å². The Kier molecular flexibility index (Phi) is 7.42. The SMILES string of the molecule is CCOc1ccc(OC(C)C(=O)NNC(=O)C(C)n2c(-c3cccs3)n[nH]c2=S)cc1. The Morgan fingerprint density at radius 3 is 2.48 bits per heavy atom. The van der Waals surface area contributed by atoms with Gasteiger partial charge in [-0.15, -0.1) is 11.3 Å². The third kappa shape index (κ3) is 5.50. The fourth-order valence-corrected chi connectivity index (χ4v) is 3.73. The lowest BCUT2D eigenvalue weighted by Crippen LogP contribution is -2.49. The molecule has 164 valence electrons. The molecule has 2 aromatic heterocycles. The molecule has 0 saturated heterocycles. The van der Waals surface area contributed by atoms with Gasteiger partial charge in [-0.2, -0.15) is 5.10 Å². The number of hydrogen-bond acceptors (Lipinski definition) is 7. The number of amides is 2. The highest BCUT2D eigenvalue weighted by molar-refractivity contribution is 7.71. The number of ether oxygens (including phenoxy) is 2. The second kappa shape index (κ2) is 10.2. The average molecular weight is 462 g/mol. The molecule has 3 rings (SSSR count). The van der Waals surface area contributed by atoms with Crippen LogP contribution in [0.5, 0.6) is 11.5 Å². The predicted octanol–water partition coefficient (Wildman–Crippen LogP) is 3.24. The van der Waals surface area contributed by atoms with Gasteiger partial charge in [0, 0.05) is 0 Å². The summed E-state index contributed by atoms with van der Waals surface area (Å²) in [6.07, 6.45) is -0.827.